The number of nitrogens with two attached hydrogens (primary N) is 2. The van der Waals surface area contributed by atoms with Gasteiger partial charge in [-0.2, -0.15) is 11.0 Å². The molecule has 0 aromatic heterocycles. The number of benzene rings is 3. The predicted molar refractivity (Wildman–Crippen MR) is 156 cm³/mol. The number of carbonyl (C=O) groups is 5. The number of nitrogens with zero attached hydrogens (tertiary/aromatic N) is 2. The van der Waals surface area contributed by atoms with Crippen molar-refractivity contribution in [2.45, 2.75) is 51.4 Å². The number of ether oxygens (including phenoxy) is 4. The number of rotatable bonds is 12. The zero-order valence-corrected chi connectivity index (χ0v) is 24.9. The van der Waals surface area contributed by atoms with Crippen LogP contribution in [0.1, 0.15) is 54.0 Å². The quantitative estimate of drug-likeness (QED) is 0.0981. The van der Waals surface area contributed by atoms with E-state index < -0.39 is 47.1 Å². The Bertz CT molecular complexity index is 1570. The normalized spacial score (nSPS) is 12.1. The Hall–Kier alpha value is -5.63. The molecule has 0 aliphatic heterocycles. The molecule has 1 atom stereocenters. The van der Waals surface area contributed by atoms with E-state index in [9.17, 15) is 24.0 Å². The van der Waals surface area contributed by atoms with Gasteiger partial charge in [-0.1, -0.05) is 47.7 Å². The first-order valence-corrected chi connectivity index (χ1v) is 13.4. The topological polar surface area (TPSA) is 208 Å². The maximum atomic E-state index is 13.3. The molecule has 0 heterocycles. The molecule has 0 fully saturated rings. The molecule has 4 N–H and O–H groups in total. The van der Waals surface area contributed by atoms with E-state index in [1.54, 1.807) is 36.4 Å². The minimum atomic E-state index is -1.81. The van der Waals surface area contributed by atoms with Crippen LogP contribution in [0.5, 0.6) is 11.5 Å². The maximum absolute atomic E-state index is 13.3. The van der Waals surface area contributed by atoms with Crippen LogP contribution in [-0.4, -0.2) is 47.1 Å². The predicted octanol–water partition coefficient (Wildman–Crippen LogP) is 3.42. The molecular weight excluding hydrogens is 588 g/mol. The third-order valence-corrected chi connectivity index (χ3v) is 6.13. The summed E-state index contributed by atoms with van der Waals surface area (Å²) in [6, 6.07) is 18.8. The van der Waals surface area contributed by atoms with Gasteiger partial charge in [0.25, 0.3) is 0 Å². The molecule has 0 saturated carbocycles. The highest BCUT2D eigenvalue weighted by atomic mass is 16.7. The molecular formula is C31H32N4O10. The van der Waals surface area contributed by atoms with Crippen molar-refractivity contribution in [3.63, 3.8) is 0 Å². The summed E-state index contributed by atoms with van der Waals surface area (Å²) in [6.45, 7) is 5.27. The van der Waals surface area contributed by atoms with Crippen molar-refractivity contribution in [1.29, 1.82) is 0 Å². The lowest BCUT2D eigenvalue weighted by atomic mass is 10.1. The van der Waals surface area contributed by atoms with E-state index in [2.05, 4.69) is 15.2 Å². The minimum Gasteiger partial charge on any atom is -0.444 e. The molecule has 0 unspecified atom stereocenters. The molecule has 0 amide bonds. The molecule has 236 valence electrons. The van der Waals surface area contributed by atoms with Crippen LogP contribution >= 0.6 is 0 Å². The van der Waals surface area contributed by atoms with Crippen LogP contribution in [-0.2, 0) is 35.1 Å². The fourth-order valence-electron chi connectivity index (χ4n) is 3.66. The molecule has 14 heteroatoms. The molecule has 3 aromatic rings. The molecule has 0 spiro atoms. The summed E-state index contributed by atoms with van der Waals surface area (Å²) in [7, 11) is 0. The van der Waals surface area contributed by atoms with Gasteiger partial charge in [0.15, 0.2) is 17.5 Å². The second-order valence-corrected chi connectivity index (χ2v) is 10.5. The third kappa shape index (κ3) is 9.18. The average Bonchev–Trinajstić information content (AvgIpc) is 3.01. The van der Waals surface area contributed by atoms with E-state index >= 15 is 0 Å². The molecule has 45 heavy (non-hydrogen) atoms. The zero-order chi connectivity index (χ0) is 33.2. The van der Waals surface area contributed by atoms with E-state index in [1.165, 1.54) is 70.2 Å². The fraction of sp³-hybridized carbons (Fsp3) is 0.258. The van der Waals surface area contributed by atoms with Gasteiger partial charge in [0.1, 0.15) is 0 Å². The Morgan fingerprint density at radius 2 is 1.18 bits per heavy atom. The van der Waals surface area contributed by atoms with Gasteiger partial charge in [-0.05, 0) is 69.7 Å². The van der Waals surface area contributed by atoms with Gasteiger partial charge >= 0.3 is 29.8 Å². The Morgan fingerprint density at radius 1 is 0.711 bits per heavy atom. The van der Waals surface area contributed by atoms with Gasteiger partial charge < -0.3 is 29.6 Å². The van der Waals surface area contributed by atoms with Gasteiger partial charge in [-0.25, -0.2) is 24.0 Å². The summed E-state index contributed by atoms with van der Waals surface area (Å²) in [4.78, 5) is 68.0. The van der Waals surface area contributed by atoms with E-state index in [1.807, 2.05) is 0 Å². The number of hydrogen-bond acceptors (Lipinski definition) is 13. The van der Waals surface area contributed by atoms with Crippen LogP contribution in [0, 0.1) is 0 Å². The summed E-state index contributed by atoms with van der Waals surface area (Å²) in [5.74, 6) is 4.97. The molecule has 0 bridgehead atoms. The van der Waals surface area contributed by atoms with Crippen molar-refractivity contribution < 1.29 is 47.8 Å². The lowest BCUT2D eigenvalue weighted by Crippen LogP contribution is -2.41. The first kappa shape index (κ1) is 33.9. The average molecular weight is 621 g/mol. The second-order valence-electron chi connectivity index (χ2n) is 10.5. The molecule has 0 saturated heterocycles. The van der Waals surface area contributed by atoms with Gasteiger partial charge in [0.05, 0.1) is 11.1 Å². The van der Waals surface area contributed by atoms with Crippen molar-refractivity contribution in [3.8, 4) is 11.5 Å². The minimum absolute atomic E-state index is 0.165. The van der Waals surface area contributed by atoms with Crippen molar-refractivity contribution in [2.24, 2.45) is 22.1 Å². The van der Waals surface area contributed by atoms with Crippen molar-refractivity contribution in [3.05, 3.63) is 95.6 Å². The van der Waals surface area contributed by atoms with E-state index in [-0.39, 0.29) is 29.0 Å². The van der Waals surface area contributed by atoms with Crippen LogP contribution in [0.4, 0.5) is 0 Å². The maximum Gasteiger partial charge on any atom is 0.355 e. The lowest BCUT2D eigenvalue weighted by molar-refractivity contribution is -0.155. The molecule has 14 nitrogen and oxygen atoms in total. The van der Waals surface area contributed by atoms with Crippen LogP contribution < -0.4 is 21.2 Å². The highest BCUT2D eigenvalue weighted by Crippen LogP contribution is 2.32. The lowest BCUT2D eigenvalue weighted by Gasteiger charge is -2.25. The summed E-state index contributed by atoms with van der Waals surface area (Å²) in [6.07, 6.45) is -0.165. The Morgan fingerprint density at radius 3 is 1.62 bits per heavy atom. The highest BCUT2D eigenvalue weighted by Gasteiger charge is 2.38. The first-order chi connectivity index (χ1) is 21.3. The monoisotopic (exact) mass is 620 g/mol. The Kier molecular flexibility index (Phi) is 11.1. The summed E-state index contributed by atoms with van der Waals surface area (Å²) >= 11 is 0. The second kappa shape index (κ2) is 14.7. The van der Waals surface area contributed by atoms with Crippen molar-refractivity contribution in [1.82, 2.24) is 0 Å². The van der Waals surface area contributed by atoms with Crippen LogP contribution in [0.3, 0.4) is 0 Å². The third-order valence-electron chi connectivity index (χ3n) is 6.13. The van der Waals surface area contributed by atoms with Gasteiger partial charge in [-0.15, -0.1) is 0 Å². The van der Waals surface area contributed by atoms with Gasteiger partial charge in [-0.3, -0.25) is 0 Å². The SMILES string of the molecule is CC(C)(OC(=O)c1ccccc1)C(=O)Oc1ccc(C[C@H](N=NN)C(=O)ON)cc1OC(=O)C(C)(C)OC(=O)c1ccccc1. The van der Waals surface area contributed by atoms with Crippen molar-refractivity contribution >= 4 is 29.8 Å². The molecule has 0 radical (unpaired) electrons. The molecule has 0 aliphatic rings. The highest BCUT2D eigenvalue weighted by molar-refractivity contribution is 5.94. The van der Waals surface area contributed by atoms with Gasteiger partial charge in [0.2, 0.25) is 11.2 Å². The van der Waals surface area contributed by atoms with E-state index in [0.29, 0.717) is 5.56 Å². The fourth-order valence-corrected chi connectivity index (χ4v) is 3.66. The summed E-state index contributed by atoms with van der Waals surface area (Å²) in [5.41, 5.74) is -2.85. The first-order valence-electron chi connectivity index (χ1n) is 13.4. The van der Waals surface area contributed by atoms with Crippen LogP contribution in [0.2, 0.25) is 0 Å². The van der Waals surface area contributed by atoms with Crippen molar-refractivity contribution in [2.75, 3.05) is 0 Å². The number of hydrogen-bond donors (Lipinski definition) is 2. The number of carbonyl (C=O) groups excluding carboxylic acids is 5. The van der Waals surface area contributed by atoms with E-state index in [4.69, 9.17) is 30.7 Å². The molecule has 0 aliphatic carbocycles. The summed E-state index contributed by atoms with van der Waals surface area (Å²) in [5, 5.41) is 6.70. The summed E-state index contributed by atoms with van der Waals surface area (Å²) < 4.78 is 21.9. The Labute approximate surface area is 258 Å². The largest absolute Gasteiger partial charge is 0.444 e. The Balaban J connectivity index is 1.90. The van der Waals surface area contributed by atoms with Crippen LogP contribution in [0.25, 0.3) is 0 Å². The van der Waals surface area contributed by atoms with Gasteiger partial charge in [0, 0.05) is 6.42 Å². The molecule has 3 rings (SSSR count). The number of esters is 4. The standard InChI is InChI=1S/C31H32N4O10/c1-30(2,43-25(36)20-11-7-5-8-12-20)28(39)41-23-16-15-19(17-22(34-35-32)27(38)45-33)18-24(23)42-29(40)31(3,4)44-26(37)21-13-9-6-10-14-21/h5-16,18,22H,17,33H2,1-4H3,(H2,32,34)/t22-/m0/s1. The van der Waals surface area contributed by atoms with Crippen LogP contribution in [0.15, 0.2) is 89.2 Å². The van der Waals surface area contributed by atoms with E-state index in [0.717, 1.165) is 0 Å². The zero-order valence-electron chi connectivity index (χ0n) is 24.9. The smallest absolute Gasteiger partial charge is 0.355 e. The molecule has 3 aromatic carbocycles.